The fourth-order valence-electron chi connectivity index (χ4n) is 2.13. The number of sulfonamides is 2. The van der Waals surface area contributed by atoms with Crippen molar-refractivity contribution in [3.63, 3.8) is 0 Å². The minimum atomic E-state index is -4.09. The Labute approximate surface area is 178 Å². The molecule has 156 valence electrons. The monoisotopic (exact) mass is 476 g/mol. The molecule has 0 fully saturated rings. The van der Waals surface area contributed by atoms with E-state index in [-0.39, 0.29) is 20.5 Å². The Morgan fingerprint density at radius 2 is 1.62 bits per heavy atom. The third-order valence-corrected chi connectivity index (χ3v) is 7.87. The maximum Gasteiger partial charge on any atom is 0.271 e. The lowest BCUT2D eigenvalue weighted by molar-refractivity contribution is 0.583. The van der Waals surface area contributed by atoms with Gasteiger partial charge in [0, 0.05) is 0 Å². The summed E-state index contributed by atoms with van der Waals surface area (Å²) in [6.45, 7) is 6.86. The van der Waals surface area contributed by atoms with Gasteiger partial charge < -0.3 is 0 Å². The number of halogens is 2. The Hall–Kier alpha value is -2.14. The molecule has 1 aromatic heterocycles. The van der Waals surface area contributed by atoms with E-state index in [9.17, 15) is 21.2 Å². The van der Waals surface area contributed by atoms with E-state index in [1.54, 1.807) is 6.92 Å². The second-order valence-electron chi connectivity index (χ2n) is 5.83. The fourth-order valence-corrected chi connectivity index (χ4v) is 5.82. The Balaban J connectivity index is 2.40. The van der Waals surface area contributed by atoms with E-state index in [1.807, 2.05) is 0 Å². The molecule has 0 bridgehead atoms. The first-order valence-corrected chi connectivity index (χ1v) is 12.2. The van der Waals surface area contributed by atoms with Crippen LogP contribution in [0.25, 0.3) is 0 Å². The van der Waals surface area contributed by atoms with Crippen LogP contribution in [0.5, 0.6) is 0 Å². The molecular weight excluding hydrogens is 459 g/mol. The van der Waals surface area contributed by atoms with Gasteiger partial charge in [-0.1, -0.05) is 29.8 Å². The predicted octanol–water partition coefficient (Wildman–Crippen LogP) is 4.16. The van der Waals surface area contributed by atoms with E-state index in [0.717, 1.165) is 35.6 Å². The van der Waals surface area contributed by atoms with E-state index >= 15 is 0 Å². The molecule has 0 aliphatic rings. The average molecular weight is 477 g/mol. The van der Waals surface area contributed by atoms with Crippen LogP contribution in [0.2, 0.25) is 4.34 Å². The number of benzene rings is 1. The molecule has 1 heterocycles. The van der Waals surface area contributed by atoms with Crippen LogP contribution in [-0.4, -0.2) is 16.8 Å². The number of rotatable bonds is 8. The molecule has 11 heteroatoms. The lowest BCUT2D eigenvalue weighted by Crippen LogP contribution is -2.31. The van der Waals surface area contributed by atoms with Crippen molar-refractivity contribution < 1.29 is 21.2 Å². The van der Waals surface area contributed by atoms with E-state index in [4.69, 9.17) is 11.6 Å². The second kappa shape index (κ2) is 9.12. The second-order valence-corrected chi connectivity index (χ2v) is 11.1. The van der Waals surface area contributed by atoms with Gasteiger partial charge in [0.15, 0.2) is 0 Å². The highest BCUT2D eigenvalue weighted by molar-refractivity contribution is 7.91. The molecule has 0 unspecified atom stereocenters. The summed E-state index contributed by atoms with van der Waals surface area (Å²) in [6, 6.07) is 7.01. The zero-order valence-corrected chi connectivity index (χ0v) is 18.6. The van der Waals surface area contributed by atoms with Crippen molar-refractivity contribution in [2.24, 2.45) is 0 Å². The third kappa shape index (κ3) is 6.17. The molecule has 0 aliphatic heterocycles. The Kier molecular flexibility index (Phi) is 7.28. The van der Waals surface area contributed by atoms with Crippen molar-refractivity contribution in [1.29, 1.82) is 0 Å². The van der Waals surface area contributed by atoms with Gasteiger partial charge in [0.2, 0.25) is 0 Å². The van der Waals surface area contributed by atoms with Crippen LogP contribution in [0, 0.1) is 5.82 Å². The van der Waals surface area contributed by atoms with E-state index in [0.29, 0.717) is 9.91 Å². The van der Waals surface area contributed by atoms with Gasteiger partial charge >= 0.3 is 0 Å². The van der Waals surface area contributed by atoms with Crippen LogP contribution in [0.3, 0.4) is 0 Å². The summed E-state index contributed by atoms with van der Waals surface area (Å²) in [6.07, 6.45) is 2.77. The van der Waals surface area contributed by atoms with Crippen LogP contribution in [0.4, 0.5) is 4.39 Å². The highest BCUT2D eigenvalue weighted by Gasteiger charge is 2.23. The van der Waals surface area contributed by atoms with Crippen LogP contribution in [-0.2, 0) is 20.0 Å². The predicted molar refractivity (Wildman–Crippen MR) is 113 cm³/mol. The lowest BCUT2D eigenvalue weighted by atomic mass is 10.2. The van der Waals surface area contributed by atoms with Gasteiger partial charge in [-0.2, -0.15) is 0 Å². The molecule has 0 saturated carbocycles. The molecule has 0 spiro atoms. The summed E-state index contributed by atoms with van der Waals surface area (Å²) in [7, 11) is -8.11. The van der Waals surface area contributed by atoms with Gasteiger partial charge in [-0.05, 0) is 56.3 Å². The Morgan fingerprint density at radius 3 is 2.10 bits per heavy atom. The molecule has 29 heavy (non-hydrogen) atoms. The summed E-state index contributed by atoms with van der Waals surface area (Å²) in [5.74, 6) is -0.583. The summed E-state index contributed by atoms with van der Waals surface area (Å²) < 4.78 is 68.6. The Bertz CT molecular complexity index is 1180. The summed E-state index contributed by atoms with van der Waals surface area (Å²) >= 11 is 6.67. The first-order valence-electron chi connectivity index (χ1n) is 8.05. The molecule has 0 amide bonds. The van der Waals surface area contributed by atoms with Gasteiger partial charge in [0.25, 0.3) is 20.0 Å². The first kappa shape index (κ1) is 23.1. The molecule has 2 aromatic rings. The van der Waals surface area contributed by atoms with E-state index in [1.165, 1.54) is 31.2 Å². The Morgan fingerprint density at radius 1 is 1.03 bits per heavy atom. The maximum atomic E-state index is 13.1. The van der Waals surface area contributed by atoms with Gasteiger partial charge in [-0.3, -0.25) is 9.44 Å². The highest BCUT2D eigenvalue weighted by atomic mass is 35.5. The third-order valence-electron chi connectivity index (χ3n) is 3.40. The number of nitrogens with one attached hydrogen (secondary N) is 2. The molecule has 0 atom stereocenters. The van der Waals surface area contributed by atoms with Crippen LogP contribution >= 0.6 is 22.9 Å². The summed E-state index contributed by atoms with van der Waals surface area (Å²) in [4.78, 5) is -0.180. The largest absolute Gasteiger partial charge is 0.278 e. The maximum absolute atomic E-state index is 13.1. The molecule has 2 N–H and O–H groups in total. The highest BCUT2D eigenvalue weighted by Crippen LogP contribution is 2.26. The van der Waals surface area contributed by atoms with Crippen molar-refractivity contribution in [3.8, 4) is 0 Å². The first-order chi connectivity index (χ1) is 13.4. The zero-order valence-electron chi connectivity index (χ0n) is 15.4. The number of hydrogen-bond donors (Lipinski definition) is 2. The lowest BCUT2D eigenvalue weighted by Gasteiger charge is -2.17. The average Bonchev–Trinajstić information content (AvgIpc) is 3.06. The summed E-state index contributed by atoms with van der Waals surface area (Å²) in [5.41, 5.74) is 0.422. The molecule has 0 radical (unpaired) electrons. The standard InChI is InChI=1S/C18H18ClFN2O4S3/c1-4-15(21-28(23,24)14-7-5-13(20)6-8-14)16(11-12(2)3)22-29(25,26)18-10-9-17(19)27-18/h4-11,21-22H,2H2,1,3H3/b15-4+,16-11+. The van der Waals surface area contributed by atoms with E-state index < -0.39 is 25.9 Å². The van der Waals surface area contributed by atoms with Crippen molar-refractivity contribution >= 4 is 43.0 Å². The van der Waals surface area contributed by atoms with Gasteiger partial charge in [-0.25, -0.2) is 21.2 Å². The van der Waals surface area contributed by atoms with Crippen LogP contribution in [0.15, 0.2) is 81.2 Å². The number of thiophene rings is 1. The molecule has 2 rings (SSSR count). The zero-order chi connectivity index (χ0) is 21.8. The van der Waals surface area contributed by atoms with Crippen molar-refractivity contribution in [1.82, 2.24) is 9.44 Å². The molecule has 6 nitrogen and oxygen atoms in total. The van der Waals surface area contributed by atoms with Crippen molar-refractivity contribution in [3.05, 3.63) is 82.2 Å². The SMILES string of the molecule is C=C(C)/C=C(NS(=O)(=O)c1ccc(Cl)s1)\C(=C/C)NS(=O)(=O)c1ccc(F)cc1. The van der Waals surface area contributed by atoms with Crippen LogP contribution < -0.4 is 9.44 Å². The quantitative estimate of drug-likeness (QED) is 0.559. The smallest absolute Gasteiger partial charge is 0.271 e. The van der Waals surface area contributed by atoms with Gasteiger partial charge in [0.1, 0.15) is 10.0 Å². The van der Waals surface area contributed by atoms with Gasteiger partial charge in [0.05, 0.1) is 20.6 Å². The fraction of sp³-hybridized carbons (Fsp3) is 0.111. The molecule has 1 aromatic carbocycles. The molecule has 0 aliphatic carbocycles. The van der Waals surface area contributed by atoms with Crippen molar-refractivity contribution in [2.45, 2.75) is 23.0 Å². The topological polar surface area (TPSA) is 92.3 Å². The minimum Gasteiger partial charge on any atom is -0.278 e. The number of allylic oxidation sites excluding steroid dienone is 3. The number of hydrogen-bond acceptors (Lipinski definition) is 5. The van der Waals surface area contributed by atoms with Crippen LogP contribution in [0.1, 0.15) is 13.8 Å². The van der Waals surface area contributed by atoms with E-state index in [2.05, 4.69) is 16.0 Å². The molecular formula is C18H18ClFN2O4S3. The van der Waals surface area contributed by atoms with Gasteiger partial charge in [-0.15, -0.1) is 11.3 Å². The minimum absolute atomic E-state index is 0.0245. The molecule has 0 saturated heterocycles. The van der Waals surface area contributed by atoms with Crippen molar-refractivity contribution in [2.75, 3.05) is 0 Å². The normalized spacial score (nSPS) is 13.2. The summed E-state index contributed by atoms with van der Waals surface area (Å²) in [5, 5.41) is 0.